The number of tetrazole rings is 1. The van der Waals surface area contributed by atoms with Crippen LogP contribution in [0.4, 0.5) is 0 Å². The Bertz CT molecular complexity index is 445. The number of fused-ring (bicyclic) bond motifs is 1. The molecule has 3 atom stereocenters. The molecule has 4 rings (SSSR count). The van der Waals surface area contributed by atoms with Crippen LogP contribution in [0.2, 0.25) is 0 Å². The lowest BCUT2D eigenvalue weighted by Gasteiger charge is -2.17. The summed E-state index contributed by atoms with van der Waals surface area (Å²) in [6, 6.07) is 0.985. The Labute approximate surface area is 119 Å². The summed E-state index contributed by atoms with van der Waals surface area (Å²) < 4.78 is 2.02. The SMILES string of the molecule is Cl.NC1CCC2CN(Cc3nnnn3C3CC3)CC12. The molecule has 7 heteroatoms. The van der Waals surface area contributed by atoms with Crippen molar-refractivity contribution in [3.05, 3.63) is 5.82 Å². The number of aromatic nitrogens is 4. The summed E-state index contributed by atoms with van der Waals surface area (Å²) in [6.07, 6.45) is 4.97. The van der Waals surface area contributed by atoms with Crippen LogP contribution in [0.3, 0.4) is 0 Å². The molecule has 106 valence electrons. The molecule has 0 bridgehead atoms. The maximum atomic E-state index is 6.17. The lowest BCUT2D eigenvalue weighted by molar-refractivity contribution is 0.284. The van der Waals surface area contributed by atoms with Crippen LogP contribution in [0.25, 0.3) is 0 Å². The molecule has 19 heavy (non-hydrogen) atoms. The third kappa shape index (κ3) is 2.37. The minimum atomic E-state index is 0. The first-order valence-corrected chi connectivity index (χ1v) is 7.06. The first-order chi connectivity index (χ1) is 8.81. The van der Waals surface area contributed by atoms with Crippen LogP contribution in [0, 0.1) is 11.8 Å². The molecule has 2 heterocycles. The fourth-order valence-electron chi connectivity index (χ4n) is 3.65. The molecular weight excluding hydrogens is 264 g/mol. The second-order valence-electron chi connectivity index (χ2n) is 6.13. The van der Waals surface area contributed by atoms with Crippen LogP contribution in [0.15, 0.2) is 0 Å². The molecule has 1 aromatic rings. The van der Waals surface area contributed by atoms with Crippen molar-refractivity contribution in [2.75, 3.05) is 13.1 Å². The van der Waals surface area contributed by atoms with Crippen LogP contribution >= 0.6 is 12.4 Å². The molecule has 2 N–H and O–H groups in total. The van der Waals surface area contributed by atoms with Crippen molar-refractivity contribution in [2.45, 2.75) is 44.3 Å². The summed E-state index contributed by atoms with van der Waals surface area (Å²) in [5.41, 5.74) is 6.17. The van der Waals surface area contributed by atoms with Gasteiger partial charge < -0.3 is 5.73 Å². The van der Waals surface area contributed by atoms with Crippen LogP contribution in [0.1, 0.15) is 37.5 Å². The summed E-state index contributed by atoms with van der Waals surface area (Å²) in [4.78, 5) is 2.49. The van der Waals surface area contributed by atoms with E-state index in [-0.39, 0.29) is 12.4 Å². The zero-order chi connectivity index (χ0) is 12.1. The minimum Gasteiger partial charge on any atom is -0.327 e. The quantitative estimate of drug-likeness (QED) is 0.880. The molecular formula is C12H21ClN6. The van der Waals surface area contributed by atoms with Crippen LogP contribution in [-0.4, -0.2) is 44.2 Å². The van der Waals surface area contributed by atoms with Gasteiger partial charge in [0.2, 0.25) is 0 Å². The highest BCUT2D eigenvalue weighted by Gasteiger charge is 2.41. The molecule has 2 aliphatic carbocycles. The van der Waals surface area contributed by atoms with E-state index in [0.717, 1.165) is 24.8 Å². The van der Waals surface area contributed by atoms with Gasteiger partial charge in [-0.3, -0.25) is 4.90 Å². The van der Waals surface area contributed by atoms with Gasteiger partial charge in [-0.05, 0) is 47.9 Å². The van der Waals surface area contributed by atoms with Gasteiger partial charge in [0.25, 0.3) is 0 Å². The highest BCUT2D eigenvalue weighted by molar-refractivity contribution is 5.85. The summed E-state index contributed by atoms with van der Waals surface area (Å²) in [5, 5.41) is 12.1. The topological polar surface area (TPSA) is 72.9 Å². The fraction of sp³-hybridized carbons (Fsp3) is 0.917. The Morgan fingerprint density at radius 2 is 2.00 bits per heavy atom. The molecule has 3 unspecified atom stereocenters. The molecule has 3 fully saturated rings. The normalized spacial score (nSPS) is 34.3. The van der Waals surface area contributed by atoms with E-state index < -0.39 is 0 Å². The van der Waals surface area contributed by atoms with Gasteiger partial charge in [-0.1, -0.05) is 0 Å². The van der Waals surface area contributed by atoms with Gasteiger partial charge in [0, 0.05) is 19.1 Å². The lowest BCUT2D eigenvalue weighted by Crippen LogP contribution is -2.30. The van der Waals surface area contributed by atoms with E-state index in [1.807, 2.05) is 4.68 Å². The van der Waals surface area contributed by atoms with Crippen molar-refractivity contribution in [3.8, 4) is 0 Å². The highest BCUT2D eigenvalue weighted by Crippen LogP contribution is 2.38. The number of hydrogen-bond acceptors (Lipinski definition) is 5. The third-order valence-electron chi connectivity index (χ3n) is 4.81. The van der Waals surface area contributed by atoms with Gasteiger partial charge in [0.15, 0.2) is 5.82 Å². The Morgan fingerprint density at radius 3 is 2.74 bits per heavy atom. The molecule has 6 nitrogen and oxygen atoms in total. The second kappa shape index (κ2) is 5.00. The maximum Gasteiger partial charge on any atom is 0.165 e. The molecule has 1 aromatic heterocycles. The van der Waals surface area contributed by atoms with Crippen molar-refractivity contribution in [1.82, 2.24) is 25.1 Å². The van der Waals surface area contributed by atoms with E-state index in [2.05, 4.69) is 20.4 Å². The Kier molecular flexibility index (Phi) is 3.49. The zero-order valence-corrected chi connectivity index (χ0v) is 11.8. The average Bonchev–Trinajstić information content (AvgIpc) is 2.81. The van der Waals surface area contributed by atoms with Gasteiger partial charge in [-0.25, -0.2) is 4.68 Å². The van der Waals surface area contributed by atoms with Crippen molar-refractivity contribution in [3.63, 3.8) is 0 Å². The molecule has 0 amide bonds. The Morgan fingerprint density at radius 1 is 1.16 bits per heavy atom. The fourth-order valence-corrected chi connectivity index (χ4v) is 3.65. The number of nitrogens with two attached hydrogens (primary N) is 1. The van der Waals surface area contributed by atoms with Crippen molar-refractivity contribution in [2.24, 2.45) is 17.6 Å². The van der Waals surface area contributed by atoms with Crippen molar-refractivity contribution < 1.29 is 0 Å². The van der Waals surface area contributed by atoms with Gasteiger partial charge in [-0.2, -0.15) is 0 Å². The van der Waals surface area contributed by atoms with E-state index in [9.17, 15) is 0 Å². The second-order valence-corrected chi connectivity index (χ2v) is 6.13. The number of likely N-dealkylation sites (tertiary alicyclic amines) is 1. The smallest absolute Gasteiger partial charge is 0.165 e. The summed E-state index contributed by atoms with van der Waals surface area (Å²) >= 11 is 0. The number of hydrogen-bond donors (Lipinski definition) is 1. The lowest BCUT2D eigenvalue weighted by atomic mass is 9.98. The van der Waals surface area contributed by atoms with E-state index in [1.54, 1.807) is 0 Å². The zero-order valence-electron chi connectivity index (χ0n) is 11.0. The van der Waals surface area contributed by atoms with Gasteiger partial charge >= 0.3 is 0 Å². The molecule has 0 radical (unpaired) electrons. The first kappa shape index (κ1) is 13.3. The molecule has 2 saturated carbocycles. The van der Waals surface area contributed by atoms with Crippen LogP contribution < -0.4 is 5.73 Å². The van der Waals surface area contributed by atoms with Crippen LogP contribution in [0.5, 0.6) is 0 Å². The van der Waals surface area contributed by atoms with E-state index >= 15 is 0 Å². The first-order valence-electron chi connectivity index (χ1n) is 7.06. The number of nitrogens with zero attached hydrogens (tertiary/aromatic N) is 5. The summed E-state index contributed by atoms with van der Waals surface area (Å²) in [6.45, 7) is 3.20. The Balaban J connectivity index is 0.00000110. The number of halogens is 1. The standard InChI is InChI=1S/C12H20N6.ClH/c13-11-4-1-8-5-17(6-10(8)11)7-12-14-15-16-18(12)9-2-3-9;/h8-11H,1-7,13H2;1H. The molecule has 3 aliphatic rings. The van der Waals surface area contributed by atoms with E-state index in [1.165, 1.54) is 32.2 Å². The molecule has 1 aliphatic heterocycles. The van der Waals surface area contributed by atoms with Crippen LogP contribution in [-0.2, 0) is 6.54 Å². The van der Waals surface area contributed by atoms with Crippen molar-refractivity contribution >= 4 is 12.4 Å². The van der Waals surface area contributed by atoms with Crippen molar-refractivity contribution in [1.29, 1.82) is 0 Å². The minimum absolute atomic E-state index is 0. The predicted molar refractivity (Wildman–Crippen MR) is 72.8 cm³/mol. The monoisotopic (exact) mass is 284 g/mol. The largest absolute Gasteiger partial charge is 0.327 e. The molecule has 0 spiro atoms. The predicted octanol–water partition coefficient (Wildman–Crippen LogP) is 0.599. The van der Waals surface area contributed by atoms with E-state index in [4.69, 9.17) is 5.73 Å². The summed E-state index contributed by atoms with van der Waals surface area (Å²) in [5.74, 6) is 2.55. The third-order valence-corrected chi connectivity index (χ3v) is 4.81. The summed E-state index contributed by atoms with van der Waals surface area (Å²) in [7, 11) is 0. The molecule has 0 aromatic carbocycles. The van der Waals surface area contributed by atoms with Gasteiger partial charge in [0.05, 0.1) is 12.6 Å². The Hall–Kier alpha value is -0.720. The van der Waals surface area contributed by atoms with E-state index in [0.29, 0.717) is 18.0 Å². The van der Waals surface area contributed by atoms with Gasteiger partial charge in [-0.15, -0.1) is 17.5 Å². The number of rotatable bonds is 3. The average molecular weight is 285 g/mol. The van der Waals surface area contributed by atoms with Gasteiger partial charge in [0.1, 0.15) is 0 Å². The maximum absolute atomic E-state index is 6.17. The molecule has 1 saturated heterocycles. The highest BCUT2D eigenvalue weighted by atomic mass is 35.5.